The maximum absolute atomic E-state index is 13.2. The first-order chi connectivity index (χ1) is 24.2. The predicted octanol–water partition coefficient (Wildman–Crippen LogP) is 8.42. The van der Waals surface area contributed by atoms with Gasteiger partial charge in [-0.3, -0.25) is 14.4 Å². The summed E-state index contributed by atoms with van der Waals surface area (Å²) in [5.74, 6) is 0.374. The molecule has 0 saturated carbocycles. The second kappa shape index (κ2) is 22.1. The fourth-order valence-corrected chi connectivity index (χ4v) is 6.39. The number of carbonyl (C=O) groups is 3. The zero-order valence-electron chi connectivity index (χ0n) is 33.3. The van der Waals surface area contributed by atoms with Gasteiger partial charge in [0.05, 0.1) is 30.0 Å². The van der Waals surface area contributed by atoms with Crippen LogP contribution in [-0.2, 0) is 25.7 Å². The van der Waals surface area contributed by atoms with E-state index in [4.69, 9.17) is 14.9 Å². The van der Waals surface area contributed by atoms with Crippen LogP contribution < -0.4 is 10.2 Å². The number of hydrogen-bond donors (Lipinski definition) is 3. The van der Waals surface area contributed by atoms with Crippen molar-refractivity contribution < 1.29 is 29.3 Å². The minimum atomic E-state index is -0.428. The molecule has 1 aliphatic heterocycles. The Kier molecular flexibility index (Phi) is 19.9. The molecule has 2 aromatic rings. The number of aliphatic hydroxyl groups is 2. The van der Waals surface area contributed by atoms with E-state index in [0.29, 0.717) is 19.7 Å². The summed E-state index contributed by atoms with van der Waals surface area (Å²) in [6, 6.07) is 15.8. The fourth-order valence-electron chi connectivity index (χ4n) is 4.21. The van der Waals surface area contributed by atoms with Crippen molar-refractivity contribution in [3.05, 3.63) is 65.2 Å². The molecule has 0 spiro atoms. The van der Waals surface area contributed by atoms with E-state index in [2.05, 4.69) is 21.6 Å². The van der Waals surface area contributed by atoms with Gasteiger partial charge in [-0.15, -0.1) is 0 Å². The molecule has 0 saturated heterocycles. The van der Waals surface area contributed by atoms with Crippen molar-refractivity contribution in [2.45, 2.75) is 93.9 Å². The molecule has 1 aliphatic rings. The number of nitrogens with one attached hydrogen (secondary N) is 1. The van der Waals surface area contributed by atoms with Crippen molar-refractivity contribution in [3.63, 3.8) is 0 Å². The molecule has 10 nitrogen and oxygen atoms in total. The number of nitrogens with zero attached hydrogens (tertiary/aromatic N) is 3. The van der Waals surface area contributed by atoms with Gasteiger partial charge in [0.15, 0.2) is 0 Å². The number of hydrogen-bond acceptors (Lipinski definition) is 10. The van der Waals surface area contributed by atoms with Gasteiger partial charge in [-0.25, -0.2) is 0 Å². The molecule has 12 heteroatoms. The second-order valence-corrected chi connectivity index (χ2v) is 18.7. The van der Waals surface area contributed by atoms with Crippen LogP contribution in [0.4, 0.5) is 5.69 Å². The van der Waals surface area contributed by atoms with E-state index >= 15 is 0 Å². The third-order valence-corrected chi connectivity index (χ3v) is 10.6. The molecule has 52 heavy (non-hydrogen) atoms. The fraction of sp³-hybridized carbons (Fsp3) is 0.575. The van der Waals surface area contributed by atoms with Crippen LogP contribution in [0, 0.1) is 16.7 Å². The van der Waals surface area contributed by atoms with Crippen molar-refractivity contribution in [3.8, 4) is 0 Å². The van der Waals surface area contributed by atoms with Gasteiger partial charge in [-0.05, 0) is 69.7 Å². The van der Waals surface area contributed by atoms with E-state index < -0.39 is 5.41 Å². The van der Waals surface area contributed by atoms with Crippen molar-refractivity contribution >= 4 is 56.3 Å². The van der Waals surface area contributed by atoms with E-state index in [9.17, 15) is 14.4 Å². The van der Waals surface area contributed by atoms with E-state index in [0.717, 1.165) is 39.4 Å². The lowest BCUT2D eigenvalue weighted by Gasteiger charge is -2.29. The van der Waals surface area contributed by atoms with Gasteiger partial charge >= 0.3 is 5.97 Å². The van der Waals surface area contributed by atoms with Gasteiger partial charge < -0.3 is 25.2 Å². The van der Waals surface area contributed by atoms with Gasteiger partial charge in [0.1, 0.15) is 6.61 Å². The average molecular weight is 759 g/mol. The summed E-state index contributed by atoms with van der Waals surface area (Å²) in [6.07, 6.45) is 0.224. The number of carbonyl (C=O) groups excluding carboxylic acids is 3. The summed E-state index contributed by atoms with van der Waals surface area (Å²) in [7, 11) is 4.88. The summed E-state index contributed by atoms with van der Waals surface area (Å²) < 4.78 is 4.98. The molecule has 0 bridgehead atoms. The van der Waals surface area contributed by atoms with Crippen molar-refractivity contribution in [1.29, 1.82) is 0 Å². The Morgan fingerprint density at radius 3 is 2.04 bits per heavy atom. The molecule has 0 atom stereocenters. The van der Waals surface area contributed by atoms with Crippen molar-refractivity contribution in [2.24, 2.45) is 27.0 Å². The van der Waals surface area contributed by atoms with Crippen LogP contribution in [0.5, 0.6) is 0 Å². The quantitative estimate of drug-likeness (QED) is 0.0898. The van der Waals surface area contributed by atoms with Crippen LogP contribution >= 0.6 is 21.6 Å². The highest BCUT2D eigenvalue weighted by atomic mass is 33.1. The van der Waals surface area contributed by atoms with Gasteiger partial charge in [0.2, 0.25) is 11.8 Å². The number of para-hydroxylation sites is 1. The molecule has 290 valence electrons. The number of aliphatic hydroxyl groups excluding tert-OH is 2. The smallest absolute Gasteiger partial charge is 0.311 e. The predicted molar refractivity (Wildman–Crippen MR) is 218 cm³/mol. The highest BCUT2D eigenvalue weighted by Gasteiger charge is 2.26. The van der Waals surface area contributed by atoms with Crippen LogP contribution in [-0.4, -0.2) is 71.9 Å². The van der Waals surface area contributed by atoms with Crippen LogP contribution in [0.15, 0.2) is 58.8 Å². The van der Waals surface area contributed by atoms with E-state index in [-0.39, 0.29) is 53.5 Å². The Morgan fingerprint density at radius 2 is 1.50 bits per heavy atom. The minimum Gasteiger partial charge on any atom is -0.464 e. The average Bonchev–Trinajstić information content (AvgIpc) is 3.08. The monoisotopic (exact) mass is 758 g/mol. The lowest BCUT2D eigenvalue weighted by molar-refractivity contribution is -0.152. The van der Waals surface area contributed by atoms with Crippen LogP contribution in [0.1, 0.15) is 99.3 Å². The second-order valence-electron chi connectivity index (χ2n) is 15.6. The Labute approximate surface area is 320 Å². The number of esters is 1. The number of amides is 2. The molecule has 3 N–H and O–H groups in total. The van der Waals surface area contributed by atoms with Crippen LogP contribution in [0.2, 0.25) is 0 Å². The number of rotatable bonds is 11. The largest absolute Gasteiger partial charge is 0.464 e. The van der Waals surface area contributed by atoms with E-state index in [1.54, 1.807) is 33.5 Å². The first-order valence-corrected chi connectivity index (χ1v) is 20.0. The van der Waals surface area contributed by atoms with E-state index in [1.807, 2.05) is 119 Å². The maximum atomic E-state index is 13.2. The number of allylic oxidation sites excluding steroid dienone is 1. The molecule has 1 heterocycles. The van der Waals surface area contributed by atoms with Crippen molar-refractivity contribution in [1.82, 2.24) is 5.32 Å². The Balaban J connectivity index is 0.000000515. The van der Waals surface area contributed by atoms with E-state index in [1.165, 1.54) is 0 Å². The number of anilines is 1. The normalized spacial score (nSPS) is 14.6. The third kappa shape index (κ3) is 16.7. The summed E-state index contributed by atoms with van der Waals surface area (Å²) in [5, 5.41) is 28.7. The Morgan fingerprint density at radius 1 is 0.923 bits per heavy atom. The van der Waals surface area contributed by atoms with Gasteiger partial charge in [-0.1, -0.05) is 98.7 Å². The Hall–Kier alpha value is -3.19. The standard InChI is InChI=1S/C24H28N4O2.C11H22O3S2.C5H12O/c1-16(2)24(30)26-14-13-22(29)28-15-18-9-5-6-10-19(18)17(3)23(27-25-4)20-11-7-8-12-21(20)28;1-10(2,3)9(13)14-6-7-15-16-11(4,5)8-12;1-5(2,3)4-6/h5-12,16H,13-15H2,1-4H3,(H,26,30);12H,6-8H2,1-5H3;6H,4H2,1-3H3/b23-17+,27-25?;;. The number of benzene rings is 2. The van der Waals surface area contributed by atoms with Crippen molar-refractivity contribution in [2.75, 3.05) is 44.1 Å². The SMILES string of the molecule is CC(C)(C)CO.CC(C)(CO)SSCCOC(=O)C(C)(C)C.CN=N/C1=C(\C)c2ccccc2CN(C(=O)CCNC(=O)C(C)C)c2ccccc21. The van der Waals surface area contributed by atoms with Gasteiger partial charge in [0, 0.05) is 48.6 Å². The summed E-state index contributed by atoms with van der Waals surface area (Å²) in [5.41, 5.74) is 5.23. The summed E-state index contributed by atoms with van der Waals surface area (Å²) in [6.45, 7) is 22.8. The van der Waals surface area contributed by atoms with Gasteiger partial charge in [-0.2, -0.15) is 10.2 Å². The third-order valence-electron chi connectivity index (χ3n) is 7.37. The molecule has 0 fully saturated rings. The maximum Gasteiger partial charge on any atom is 0.311 e. The molecule has 0 aromatic heterocycles. The highest BCUT2D eigenvalue weighted by Crippen LogP contribution is 2.38. The van der Waals surface area contributed by atoms with Crippen LogP contribution in [0.25, 0.3) is 11.3 Å². The topological polar surface area (TPSA) is 141 Å². The van der Waals surface area contributed by atoms with Crippen LogP contribution in [0.3, 0.4) is 0 Å². The molecular weight excluding hydrogens is 697 g/mol. The zero-order chi connectivity index (χ0) is 39.7. The first kappa shape index (κ1) is 46.8. The summed E-state index contributed by atoms with van der Waals surface area (Å²) >= 11 is 0. The zero-order valence-corrected chi connectivity index (χ0v) is 35.0. The highest BCUT2D eigenvalue weighted by molar-refractivity contribution is 8.77. The minimum absolute atomic E-state index is 0.0475. The molecule has 0 unspecified atom stereocenters. The molecule has 0 aliphatic carbocycles. The lowest BCUT2D eigenvalue weighted by atomic mass is 9.93. The first-order valence-electron chi connectivity index (χ1n) is 17.6. The molecular formula is C40H62N4O6S2. The van der Waals surface area contributed by atoms with Gasteiger partial charge in [0.25, 0.3) is 0 Å². The molecule has 2 aromatic carbocycles. The lowest BCUT2D eigenvalue weighted by Crippen LogP contribution is -2.36. The Bertz CT molecular complexity index is 1510. The summed E-state index contributed by atoms with van der Waals surface area (Å²) in [4.78, 5) is 38.3. The molecule has 0 radical (unpaired) electrons. The number of azo groups is 1. The molecule has 2 amide bonds. The molecule has 3 rings (SSSR count). The number of fused-ring (bicyclic) bond motifs is 2. The number of ether oxygens (including phenoxy) is 1.